The van der Waals surface area contributed by atoms with Gasteiger partial charge in [-0.15, -0.1) is 11.3 Å². The number of nitrogens with one attached hydrogen (secondary N) is 1. The highest BCUT2D eigenvalue weighted by atomic mass is 32.1. The zero-order valence-electron chi connectivity index (χ0n) is 12.2. The smallest absolute Gasteiger partial charge is 0.227 e. The van der Waals surface area contributed by atoms with Crippen LogP contribution in [0.3, 0.4) is 0 Å². The fraction of sp³-hybridized carbons (Fsp3) is 0.500. The second kappa shape index (κ2) is 5.59. The van der Waals surface area contributed by atoms with Gasteiger partial charge in [0.05, 0.1) is 16.6 Å². The molecular formula is C16H18FN3OS. The number of thiazole rings is 1. The number of amides is 1. The molecule has 6 heteroatoms. The zero-order chi connectivity index (χ0) is 15.1. The molecule has 5 rings (SSSR count). The van der Waals surface area contributed by atoms with Crippen LogP contribution in [0, 0.1) is 11.7 Å². The molecule has 1 aromatic heterocycles. The minimum atomic E-state index is -0.264. The molecule has 0 unspecified atom stereocenters. The molecule has 0 radical (unpaired) electrons. The zero-order valence-corrected chi connectivity index (χ0v) is 13.0. The van der Waals surface area contributed by atoms with Crippen LogP contribution in [-0.2, 0) is 11.2 Å². The molecule has 4 nitrogen and oxygen atoms in total. The first kappa shape index (κ1) is 14.1. The second-order valence-electron chi connectivity index (χ2n) is 6.21. The van der Waals surface area contributed by atoms with Crippen molar-refractivity contribution in [2.75, 3.05) is 19.6 Å². The van der Waals surface area contributed by atoms with E-state index in [1.165, 1.54) is 49.4 Å². The number of piperidine rings is 3. The number of hydrogen-bond acceptors (Lipinski definition) is 4. The van der Waals surface area contributed by atoms with Gasteiger partial charge in [-0.2, -0.15) is 0 Å². The van der Waals surface area contributed by atoms with Gasteiger partial charge in [-0.3, -0.25) is 4.79 Å². The van der Waals surface area contributed by atoms with Gasteiger partial charge in [-0.1, -0.05) is 0 Å². The van der Waals surface area contributed by atoms with Gasteiger partial charge in [0.1, 0.15) is 10.8 Å². The Morgan fingerprint density at radius 3 is 2.95 bits per heavy atom. The van der Waals surface area contributed by atoms with Crippen LogP contribution < -0.4 is 5.32 Å². The molecular weight excluding hydrogens is 301 g/mol. The molecule has 1 amide bonds. The van der Waals surface area contributed by atoms with E-state index >= 15 is 0 Å². The number of rotatable bonds is 3. The Morgan fingerprint density at radius 1 is 1.41 bits per heavy atom. The molecule has 3 saturated heterocycles. The first-order valence-electron chi connectivity index (χ1n) is 7.74. The number of halogens is 1. The Bertz CT molecular complexity index is 708. The van der Waals surface area contributed by atoms with E-state index in [1.54, 1.807) is 6.07 Å². The van der Waals surface area contributed by atoms with Crippen molar-refractivity contribution in [2.24, 2.45) is 5.92 Å². The number of fused-ring (bicyclic) bond motifs is 4. The molecule has 1 N–H and O–H groups in total. The first-order chi connectivity index (χ1) is 10.7. The molecule has 0 saturated carbocycles. The maximum Gasteiger partial charge on any atom is 0.227 e. The Hall–Kier alpha value is -1.53. The van der Waals surface area contributed by atoms with Crippen molar-refractivity contribution in [1.29, 1.82) is 0 Å². The van der Waals surface area contributed by atoms with Crippen molar-refractivity contribution < 1.29 is 9.18 Å². The van der Waals surface area contributed by atoms with Crippen LogP contribution >= 0.6 is 11.3 Å². The summed E-state index contributed by atoms with van der Waals surface area (Å²) in [7, 11) is 0. The maximum atomic E-state index is 13.2. The quantitative estimate of drug-likeness (QED) is 0.943. The minimum absolute atomic E-state index is 0.0262. The van der Waals surface area contributed by atoms with Gasteiger partial charge in [0.25, 0.3) is 0 Å². The summed E-state index contributed by atoms with van der Waals surface area (Å²) in [6.07, 6.45) is 2.65. The number of aromatic nitrogens is 1. The molecule has 0 spiro atoms. The summed E-state index contributed by atoms with van der Waals surface area (Å²) < 4.78 is 14.0. The van der Waals surface area contributed by atoms with E-state index in [9.17, 15) is 9.18 Å². The molecule has 2 bridgehead atoms. The van der Waals surface area contributed by atoms with E-state index < -0.39 is 0 Å². The van der Waals surface area contributed by atoms with Gasteiger partial charge in [0, 0.05) is 12.6 Å². The molecule has 1 atom stereocenters. The van der Waals surface area contributed by atoms with E-state index in [1.807, 2.05) is 0 Å². The van der Waals surface area contributed by atoms with Crippen LogP contribution in [-0.4, -0.2) is 41.5 Å². The average molecular weight is 319 g/mol. The number of nitrogens with zero attached hydrogens (tertiary/aromatic N) is 2. The topological polar surface area (TPSA) is 45.2 Å². The molecule has 3 aliphatic rings. The van der Waals surface area contributed by atoms with Gasteiger partial charge in [-0.05, 0) is 50.0 Å². The van der Waals surface area contributed by atoms with Gasteiger partial charge < -0.3 is 10.2 Å². The molecule has 3 fully saturated rings. The first-order valence-corrected chi connectivity index (χ1v) is 8.56. The fourth-order valence-corrected chi connectivity index (χ4v) is 4.54. The summed E-state index contributed by atoms with van der Waals surface area (Å²) in [6.45, 7) is 3.31. The monoisotopic (exact) mass is 319 g/mol. The number of hydrogen-bond donors (Lipinski definition) is 1. The third-order valence-corrected chi connectivity index (χ3v) is 5.73. The van der Waals surface area contributed by atoms with E-state index in [4.69, 9.17) is 0 Å². The SMILES string of the molecule is O=C(Cc1nc2ccc(F)cc2s1)N[C@@H]1CN2CCC1CC2. The standard InChI is InChI=1S/C16H18FN3OS/c17-11-1-2-12-14(7-11)22-16(19-12)8-15(21)18-13-9-20-5-3-10(13)4-6-20/h1-2,7,10,13H,3-6,8-9H2,(H,18,21)/t13-/m1/s1. The van der Waals surface area contributed by atoms with Gasteiger partial charge in [0.2, 0.25) is 5.91 Å². The summed E-state index contributed by atoms with van der Waals surface area (Å²) in [4.78, 5) is 19.1. The largest absolute Gasteiger partial charge is 0.351 e. The third kappa shape index (κ3) is 2.73. The van der Waals surface area contributed by atoms with Gasteiger partial charge >= 0.3 is 0 Å². The minimum Gasteiger partial charge on any atom is -0.351 e. The van der Waals surface area contributed by atoms with E-state index in [-0.39, 0.29) is 24.2 Å². The number of benzene rings is 1. The number of carbonyl (C=O) groups excluding carboxylic acids is 1. The van der Waals surface area contributed by atoms with Crippen molar-refractivity contribution >= 4 is 27.5 Å². The molecule has 4 heterocycles. The van der Waals surface area contributed by atoms with Crippen molar-refractivity contribution in [1.82, 2.24) is 15.2 Å². The summed E-state index contributed by atoms with van der Waals surface area (Å²) in [5.74, 6) is 0.385. The van der Waals surface area contributed by atoms with Crippen molar-refractivity contribution in [3.63, 3.8) is 0 Å². The Labute approximate surface area is 132 Å². The van der Waals surface area contributed by atoms with E-state index in [0.29, 0.717) is 5.92 Å². The molecule has 22 heavy (non-hydrogen) atoms. The fourth-order valence-electron chi connectivity index (χ4n) is 3.55. The maximum absolute atomic E-state index is 13.2. The summed E-state index contributed by atoms with van der Waals surface area (Å²) in [5.41, 5.74) is 0.761. The molecule has 0 aliphatic carbocycles. The second-order valence-corrected chi connectivity index (χ2v) is 7.32. The highest BCUT2D eigenvalue weighted by Gasteiger charge is 2.34. The van der Waals surface area contributed by atoms with Crippen LogP contribution in [0.5, 0.6) is 0 Å². The molecule has 3 aliphatic heterocycles. The Morgan fingerprint density at radius 2 is 2.23 bits per heavy atom. The summed E-state index contributed by atoms with van der Waals surface area (Å²) in [6, 6.07) is 4.82. The normalized spacial score (nSPS) is 27.2. The van der Waals surface area contributed by atoms with E-state index in [2.05, 4.69) is 15.2 Å². The van der Waals surface area contributed by atoms with Crippen LogP contribution in [0.1, 0.15) is 17.8 Å². The van der Waals surface area contributed by atoms with Crippen LogP contribution in [0.4, 0.5) is 4.39 Å². The lowest BCUT2D eigenvalue weighted by molar-refractivity contribution is -0.122. The molecule has 1 aromatic carbocycles. The summed E-state index contributed by atoms with van der Waals surface area (Å²) in [5, 5.41) is 3.92. The lowest BCUT2D eigenvalue weighted by atomic mass is 9.84. The van der Waals surface area contributed by atoms with Crippen LogP contribution in [0.2, 0.25) is 0 Å². The highest BCUT2D eigenvalue weighted by molar-refractivity contribution is 7.18. The van der Waals surface area contributed by atoms with Crippen LogP contribution in [0.15, 0.2) is 18.2 Å². The van der Waals surface area contributed by atoms with Crippen molar-refractivity contribution in [3.8, 4) is 0 Å². The van der Waals surface area contributed by atoms with Crippen molar-refractivity contribution in [3.05, 3.63) is 29.0 Å². The predicted octanol–water partition coefficient (Wildman–Crippen LogP) is 2.19. The van der Waals surface area contributed by atoms with Gasteiger partial charge in [0.15, 0.2) is 0 Å². The molecule has 116 valence electrons. The highest BCUT2D eigenvalue weighted by Crippen LogP contribution is 2.28. The lowest BCUT2D eigenvalue weighted by Gasteiger charge is -2.44. The Balaban J connectivity index is 1.42. The van der Waals surface area contributed by atoms with Gasteiger partial charge in [-0.25, -0.2) is 9.37 Å². The van der Waals surface area contributed by atoms with Crippen LogP contribution in [0.25, 0.3) is 10.2 Å². The average Bonchev–Trinajstić information content (AvgIpc) is 2.89. The third-order valence-electron chi connectivity index (χ3n) is 4.71. The summed E-state index contributed by atoms with van der Waals surface area (Å²) >= 11 is 1.39. The molecule has 2 aromatic rings. The lowest BCUT2D eigenvalue weighted by Crippen LogP contribution is -2.57. The Kier molecular flexibility index (Phi) is 3.58. The predicted molar refractivity (Wildman–Crippen MR) is 84.4 cm³/mol. The number of carbonyl (C=O) groups is 1. The van der Waals surface area contributed by atoms with Crippen molar-refractivity contribution in [2.45, 2.75) is 25.3 Å². The van der Waals surface area contributed by atoms with E-state index in [0.717, 1.165) is 21.8 Å².